The van der Waals surface area contributed by atoms with Crippen molar-refractivity contribution in [3.05, 3.63) is 53.1 Å². The topological polar surface area (TPSA) is 65.4 Å². The first-order valence-corrected chi connectivity index (χ1v) is 8.80. The maximum absolute atomic E-state index is 13.6. The third-order valence-electron chi connectivity index (χ3n) is 4.61. The number of ether oxygens (including phenoxy) is 2. The number of carbonyl (C=O) groups excluding carboxylic acids is 1. The van der Waals surface area contributed by atoms with E-state index in [4.69, 9.17) is 9.47 Å². The van der Waals surface area contributed by atoms with E-state index in [1.54, 1.807) is 25.3 Å². The number of nitrogens with one attached hydrogen (secondary N) is 1. The molecule has 140 valence electrons. The van der Waals surface area contributed by atoms with Gasteiger partial charge in [-0.15, -0.1) is 0 Å². The van der Waals surface area contributed by atoms with Crippen molar-refractivity contribution in [3.63, 3.8) is 0 Å². The molecule has 0 aliphatic carbocycles. The summed E-state index contributed by atoms with van der Waals surface area (Å²) in [6.45, 7) is 2.83. The van der Waals surface area contributed by atoms with E-state index in [9.17, 15) is 9.18 Å². The minimum absolute atomic E-state index is 0.0763. The molecule has 1 amide bonds. The fraction of sp³-hybridized carbons (Fsp3) is 0.474. The van der Waals surface area contributed by atoms with Gasteiger partial charge < -0.3 is 14.8 Å². The quantitative estimate of drug-likeness (QED) is 0.781. The standard InChI is InChI=1S/C19H24FN3O3/c1-25-9-8-23-18-13-26-12-15(16(18)11-22-23)10-21-19(24)7-6-14-4-2-3-5-17(14)20/h2-5,11,15H,6-10,12-13H2,1H3,(H,21,24). The van der Waals surface area contributed by atoms with Crippen LogP contribution in [0.25, 0.3) is 0 Å². The molecule has 1 aliphatic heterocycles. The zero-order chi connectivity index (χ0) is 18.4. The molecular formula is C19H24FN3O3. The minimum Gasteiger partial charge on any atom is -0.383 e. The molecule has 0 spiro atoms. The molecule has 1 unspecified atom stereocenters. The lowest BCUT2D eigenvalue weighted by atomic mass is 9.98. The molecule has 6 nitrogen and oxygen atoms in total. The van der Waals surface area contributed by atoms with E-state index in [1.807, 2.05) is 10.9 Å². The number of fused-ring (bicyclic) bond motifs is 1. The highest BCUT2D eigenvalue weighted by atomic mass is 19.1. The van der Waals surface area contributed by atoms with Gasteiger partial charge in [0.05, 0.1) is 38.3 Å². The highest BCUT2D eigenvalue weighted by Gasteiger charge is 2.25. The van der Waals surface area contributed by atoms with Gasteiger partial charge in [-0.3, -0.25) is 9.48 Å². The van der Waals surface area contributed by atoms with Gasteiger partial charge in [-0.2, -0.15) is 5.10 Å². The molecule has 1 aromatic heterocycles. The third-order valence-corrected chi connectivity index (χ3v) is 4.61. The molecule has 1 atom stereocenters. The summed E-state index contributed by atoms with van der Waals surface area (Å²) < 4.78 is 26.3. The van der Waals surface area contributed by atoms with Crippen molar-refractivity contribution < 1.29 is 18.7 Å². The molecule has 3 rings (SSSR count). The lowest BCUT2D eigenvalue weighted by molar-refractivity contribution is -0.121. The summed E-state index contributed by atoms with van der Waals surface area (Å²) in [6, 6.07) is 6.54. The minimum atomic E-state index is -0.269. The number of hydrogen-bond donors (Lipinski definition) is 1. The first kappa shape index (κ1) is 18.5. The predicted octanol–water partition coefficient (Wildman–Crippen LogP) is 2.03. The maximum atomic E-state index is 13.6. The van der Waals surface area contributed by atoms with Gasteiger partial charge in [0.2, 0.25) is 5.91 Å². The Balaban J connectivity index is 1.52. The van der Waals surface area contributed by atoms with E-state index in [0.29, 0.717) is 44.9 Å². The molecule has 0 saturated heterocycles. The van der Waals surface area contributed by atoms with Crippen LogP contribution in [0.2, 0.25) is 0 Å². The number of amides is 1. The molecule has 7 heteroatoms. The number of aromatic nitrogens is 2. The fourth-order valence-corrected chi connectivity index (χ4v) is 3.13. The second-order valence-corrected chi connectivity index (χ2v) is 6.37. The summed E-state index contributed by atoms with van der Waals surface area (Å²) >= 11 is 0. The van der Waals surface area contributed by atoms with E-state index < -0.39 is 0 Å². The number of rotatable bonds is 8. The van der Waals surface area contributed by atoms with Crippen LogP contribution in [0.5, 0.6) is 0 Å². The normalized spacial score (nSPS) is 16.3. The van der Waals surface area contributed by atoms with Crippen molar-refractivity contribution in [3.8, 4) is 0 Å². The van der Waals surface area contributed by atoms with E-state index in [2.05, 4.69) is 10.4 Å². The van der Waals surface area contributed by atoms with Crippen LogP contribution in [-0.4, -0.2) is 42.6 Å². The van der Waals surface area contributed by atoms with Gasteiger partial charge in [0.1, 0.15) is 5.82 Å². The number of halogens is 1. The number of nitrogens with zero attached hydrogens (tertiary/aromatic N) is 2. The van der Waals surface area contributed by atoms with Gasteiger partial charge in [0.25, 0.3) is 0 Å². The van der Waals surface area contributed by atoms with Crippen LogP contribution in [0, 0.1) is 5.82 Å². The van der Waals surface area contributed by atoms with Crippen LogP contribution >= 0.6 is 0 Å². The van der Waals surface area contributed by atoms with Gasteiger partial charge in [0.15, 0.2) is 0 Å². The van der Waals surface area contributed by atoms with Gasteiger partial charge in [-0.1, -0.05) is 18.2 Å². The van der Waals surface area contributed by atoms with Crippen LogP contribution in [0.4, 0.5) is 4.39 Å². The van der Waals surface area contributed by atoms with Crippen molar-refractivity contribution in [2.75, 3.05) is 26.9 Å². The first-order valence-electron chi connectivity index (χ1n) is 8.80. The molecular weight excluding hydrogens is 337 g/mol. The Hall–Kier alpha value is -2.25. The highest BCUT2D eigenvalue weighted by Crippen LogP contribution is 2.26. The first-order chi connectivity index (χ1) is 12.7. The summed E-state index contributed by atoms with van der Waals surface area (Å²) in [4.78, 5) is 12.1. The van der Waals surface area contributed by atoms with Crippen molar-refractivity contribution in [1.29, 1.82) is 0 Å². The van der Waals surface area contributed by atoms with Gasteiger partial charge >= 0.3 is 0 Å². The van der Waals surface area contributed by atoms with E-state index in [1.165, 1.54) is 6.07 Å². The molecule has 0 bridgehead atoms. The molecule has 1 N–H and O–H groups in total. The molecule has 1 aliphatic rings. The lowest BCUT2D eigenvalue weighted by Crippen LogP contribution is -2.32. The second kappa shape index (κ2) is 8.91. The summed E-state index contributed by atoms with van der Waals surface area (Å²) in [5.74, 6) is -0.284. The smallest absolute Gasteiger partial charge is 0.220 e. The summed E-state index contributed by atoms with van der Waals surface area (Å²) in [5, 5.41) is 7.33. The van der Waals surface area contributed by atoms with Crippen LogP contribution in [-0.2, 0) is 33.8 Å². The van der Waals surface area contributed by atoms with E-state index in [-0.39, 0.29) is 24.1 Å². The van der Waals surface area contributed by atoms with E-state index >= 15 is 0 Å². The number of aryl methyl sites for hydroxylation is 1. The van der Waals surface area contributed by atoms with Crippen LogP contribution in [0.3, 0.4) is 0 Å². The third kappa shape index (κ3) is 4.47. The van der Waals surface area contributed by atoms with Crippen molar-refractivity contribution in [2.45, 2.75) is 31.9 Å². The second-order valence-electron chi connectivity index (χ2n) is 6.37. The maximum Gasteiger partial charge on any atom is 0.220 e. The molecule has 2 heterocycles. The van der Waals surface area contributed by atoms with Crippen LogP contribution in [0.1, 0.15) is 29.2 Å². The predicted molar refractivity (Wildman–Crippen MR) is 94.2 cm³/mol. The largest absolute Gasteiger partial charge is 0.383 e. The fourth-order valence-electron chi connectivity index (χ4n) is 3.13. The van der Waals surface area contributed by atoms with Crippen molar-refractivity contribution in [1.82, 2.24) is 15.1 Å². The SMILES string of the molecule is COCCn1ncc2c1COCC2CNC(=O)CCc1ccccc1F. The van der Waals surface area contributed by atoms with Crippen molar-refractivity contribution >= 4 is 5.91 Å². The molecule has 0 saturated carbocycles. The Morgan fingerprint density at radius 2 is 2.31 bits per heavy atom. The monoisotopic (exact) mass is 361 g/mol. The van der Waals surface area contributed by atoms with Crippen LogP contribution < -0.4 is 5.32 Å². The number of benzene rings is 1. The molecule has 1 aromatic carbocycles. The average molecular weight is 361 g/mol. The Labute approximate surface area is 152 Å². The summed E-state index contributed by atoms with van der Waals surface area (Å²) in [5.41, 5.74) is 2.71. The van der Waals surface area contributed by atoms with Gasteiger partial charge in [-0.25, -0.2) is 4.39 Å². The zero-order valence-electron chi connectivity index (χ0n) is 14.9. The van der Waals surface area contributed by atoms with E-state index in [0.717, 1.165) is 11.3 Å². The van der Waals surface area contributed by atoms with Crippen LogP contribution in [0.15, 0.2) is 30.5 Å². The van der Waals surface area contributed by atoms with Gasteiger partial charge in [0, 0.05) is 31.6 Å². The number of methoxy groups -OCH3 is 1. The highest BCUT2D eigenvalue weighted by molar-refractivity contribution is 5.76. The number of carbonyl (C=O) groups is 1. The Kier molecular flexibility index (Phi) is 6.35. The Morgan fingerprint density at radius 1 is 1.46 bits per heavy atom. The molecule has 26 heavy (non-hydrogen) atoms. The average Bonchev–Trinajstić information content (AvgIpc) is 3.07. The Bertz CT molecular complexity index is 747. The molecule has 0 radical (unpaired) electrons. The van der Waals surface area contributed by atoms with Gasteiger partial charge in [-0.05, 0) is 18.1 Å². The molecule has 2 aromatic rings. The lowest BCUT2D eigenvalue weighted by Gasteiger charge is -2.24. The number of hydrogen-bond acceptors (Lipinski definition) is 4. The van der Waals surface area contributed by atoms with Crippen molar-refractivity contribution in [2.24, 2.45) is 0 Å². The summed E-state index contributed by atoms with van der Waals surface area (Å²) in [7, 11) is 1.66. The summed E-state index contributed by atoms with van der Waals surface area (Å²) in [6.07, 6.45) is 2.50. The zero-order valence-corrected chi connectivity index (χ0v) is 14.9. The Morgan fingerprint density at radius 3 is 3.12 bits per heavy atom. The molecule has 0 fully saturated rings.